The first-order valence-electron chi connectivity index (χ1n) is 12.9. The van der Waals surface area contributed by atoms with Crippen molar-refractivity contribution in [2.24, 2.45) is 5.92 Å². The lowest BCUT2D eigenvalue weighted by Gasteiger charge is -2.49. The molecule has 5 rings (SSSR count). The van der Waals surface area contributed by atoms with E-state index in [1.807, 2.05) is 0 Å². The number of benzene rings is 1. The fraction of sp³-hybridized carbons (Fsp3) is 0.692. The minimum atomic E-state index is -0.786. The third-order valence-electron chi connectivity index (χ3n) is 8.63. The van der Waals surface area contributed by atoms with Gasteiger partial charge in [-0.05, 0) is 68.7 Å². The Kier molecular flexibility index (Phi) is 6.50. The van der Waals surface area contributed by atoms with E-state index in [2.05, 4.69) is 39.4 Å². The maximum Gasteiger partial charge on any atom is 0.407 e. The third kappa shape index (κ3) is 4.84. The van der Waals surface area contributed by atoms with Crippen molar-refractivity contribution >= 4 is 12.1 Å². The van der Waals surface area contributed by atoms with Gasteiger partial charge in [-0.3, -0.25) is 0 Å². The molecular formula is C26H38N4O3. The van der Waals surface area contributed by atoms with Crippen molar-refractivity contribution in [3.63, 3.8) is 0 Å². The van der Waals surface area contributed by atoms with E-state index >= 15 is 0 Å². The average molecular weight is 455 g/mol. The second-order valence-electron chi connectivity index (χ2n) is 10.7. The number of carbonyl (C=O) groups is 2. The molecule has 1 aromatic carbocycles. The number of likely N-dealkylation sites (tertiary alicyclic amines) is 2. The van der Waals surface area contributed by atoms with Crippen LogP contribution in [0.4, 0.5) is 9.59 Å². The van der Waals surface area contributed by atoms with E-state index in [1.54, 1.807) is 4.90 Å². The molecule has 0 radical (unpaired) electrons. The normalized spacial score (nSPS) is 24.1. The Morgan fingerprint density at radius 2 is 1.67 bits per heavy atom. The monoisotopic (exact) mass is 454 g/mol. The minimum Gasteiger partial charge on any atom is -0.465 e. The van der Waals surface area contributed by atoms with Crippen molar-refractivity contribution in [2.45, 2.75) is 69.4 Å². The molecule has 180 valence electrons. The number of nitrogens with one attached hydrogen (secondary N) is 1. The molecule has 0 unspecified atom stereocenters. The highest BCUT2D eigenvalue weighted by Gasteiger charge is 2.43. The largest absolute Gasteiger partial charge is 0.465 e. The molecule has 1 aromatic rings. The highest BCUT2D eigenvalue weighted by atomic mass is 16.4. The number of carbonyl (C=O) groups excluding carboxylic acids is 1. The zero-order valence-electron chi connectivity index (χ0n) is 19.7. The lowest BCUT2D eigenvalue weighted by Crippen LogP contribution is -2.56. The Balaban J connectivity index is 1.22. The fourth-order valence-corrected chi connectivity index (χ4v) is 6.63. The first-order valence-corrected chi connectivity index (χ1v) is 12.9. The SMILES string of the molecule is O=C(O)N1CCC(CN2CCC3(CC2)CN(C(=O)NC2CCCC2)Cc2ccccc23)CC1. The summed E-state index contributed by atoms with van der Waals surface area (Å²) in [6, 6.07) is 9.21. The highest BCUT2D eigenvalue weighted by molar-refractivity contribution is 5.75. The Labute approximate surface area is 197 Å². The van der Waals surface area contributed by atoms with Gasteiger partial charge in [0.25, 0.3) is 0 Å². The standard InChI is InChI=1S/C26H38N4O3/c31-24(27-22-6-2-3-7-22)30-18-21-5-1-4-8-23(21)26(19-30)11-15-28(16-12-26)17-20-9-13-29(14-10-20)25(32)33/h1,4-5,8,20,22H,2-3,6-7,9-19H2,(H,27,31)(H,32,33). The summed E-state index contributed by atoms with van der Waals surface area (Å²) in [6.07, 6.45) is 7.97. The number of nitrogens with zero attached hydrogens (tertiary/aromatic N) is 3. The smallest absolute Gasteiger partial charge is 0.407 e. The third-order valence-corrected chi connectivity index (χ3v) is 8.63. The molecule has 7 heteroatoms. The van der Waals surface area contributed by atoms with Gasteiger partial charge in [-0.1, -0.05) is 37.1 Å². The Morgan fingerprint density at radius 3 is 2.36 bits per heavy atom. The molecule has 1 saturated carbocycles. The van der Waals surface area contributed by atoms with Crippen molar-refractivity contribution in [2.75, 3.05) is 39.3 Å². The van der Waals surface area contributed by atoms with Crippen molar-refractivity contribution in [3.8, 4) is 0 Å². The van der Waals surface area contributed by atoms with Crippen LogP contribution >= 0.6 is 0 Å². The van der Waals surface area contributed by atoms with Crippen LogP contribution in [0.25, 0.3) is 0 Å². The first kappa shape index (κ1) is 22.5. The van der Waals surface area contributed by atoms with Crippen LogP contribution in [0.3, 0.4) is 0 Å². The summed E-state index contributed by atoms with van der Waals surface area (Å²) in [5.41, 5.74) is 2.80. The lowest BCUT2D eigenvalue weighted by molar-refractivity contribution is 0.0819. The molecule has 1 aliphatic carbocycles. The van der Waals surface area contributed by atoms with Gasteiger partial charge in [-0.25, -0.2) is 9.59 Å². The van der Waals surface area contributed by atoms with E-state index in [0.717, 1.165) is 64.7 Å². The predicted octanol–water partition coefficient (Wildman–Crippen LogP) is 3.88. The van der Waals surface area contributed by atoms with E-state index in [-0.39, 0.29) is 11.4 Å². The zero-order valence-corrected chi connectivity index (χ0v) is 19.7. The number of hydrogen-bond acceptors (Lipinski definition) is 3. The molecule has 3 fully saturated rings. The van der Waals surface area contributed by atoms with Gasteiger partial charge in [-0.2, -0.15) is 0 Å². The van der Waals surface area contributed by atoms with E-state index in [4.69, 9.17) is 0 Å². The van der Waals surface area contributed by atoms with Crippen LogP contribution in [0.2, 0.25) is 0 Å². The second kappa shape index (κ2) is 9.53. The Bertz CT molecular complexity index is 853. The number of hydrogen-bond donors (Lipinski definition) is 2. The van der Waals surface area contributed by atoms with Gasteiger partial charge < -0.3 is 25.1 Å². The molecule has 3 aliphatic heterocycles. The minimum absolute atomic E-state index is 0.0467. The number of amides is 3. The van der Waals surface area contributed by atoms with E-state index in [1.165, 1.54) is 24.0 Å². The van der Waals surface area contributed by atoms with Crippen molar-refractivity contribution in [1.82, 2.24) is 20.0 Å². The summed E-state index contributed by atoms with van der Waals surface area (Å²) in [5, 5.41) is 12.5. The van der Waals surface area contributed by atoms with Crippen molar-refractivity contribution < 1.29 is 14.7 Å². The summed E-state index contributed by atoms with van der Waals surface area (Å²) in [4.78, 5) is 30.5. The lowest BCUT2D eigenvalue weighted by atomic mass is 9.68. The summed E-state index contributed by atoms with van der Waals surface area (Å²) in [7, 11) is 0. The summed E-state index contributed by atoms with van der Waals surface area (Å²) >= 11 is 0. The second-order valence-corrected chi connectivity index (χ2v) is 10.7. The summed E-state index contributed by atoms with van der Waals surface area (Å²) < 4.78 is 0. The molecule has 2 saturated heterocycles. The van der Waals surface area contributed by atoms with Gasteiger partial charge in [-0.15, -0.1) is 0 Å². The van der Waals surface area contributed by atoms with Crippen LogP contribution in [-0.2, 0) is 12.0 Å². The van der Waals surface area contributed by atoms with Gasteiger partial charge in [0.15, 0.2) is 0 Å². The summed E-state index contributed by atoms with van der Waals surface area (Å²) in [6.45, 7) is 6.01. The van der Waals surface area contributed by atoms with Crippen molar-refractivity contribution in [3.05, 3.63) is 35.4 Å². The van der Waals surface area contributed by atoms with Crippen LogP contribution in [0.5, 0.6) is 0 Å². The molecule has 3 heterocycles. The average Bonchev–Trinajstić information content (AvgIpc) is 3.34. The Hall–Kier alpha value is -2.28. The Morgan fingerprint density at radius 1 is 0.970 bits per heavy atom. The predicted molar refractivity (Wildman–Crippen MR) is 127 cm³/mol. The number of urea groups is 1. The number of fused-ring (bicyclic) bond motifs is 2. The van der Waals surface area contributed by atoms with Gasteiger partial charge in [0.2, 0.25) is 0 Å². The quantitative estimate of drug-likeness (QED) is 0.727. The molecule has 3 amide bonds. The summed E-state index contributed by atoms with van der Waals surface area (Å²) in [5.74, 6) is 0.585. The maximum absolute atomic E-state index is 13.1. The van der Waals surface area contributed by atoms with Crippen LogP contribution in [-0.4, -0.2) is 77.2 Å². The van der Waals surface area contributed by atoms with Gasteiger partial charge in [0.05, 0.1) is 0 Å². The number of carboxylic acid groups (broad SMARTS) is 1. The molecule has 0 bridgehead atoms. The molecular weight excluding hydrogens is 416 g/mol. The topological polar surface area (TPSA) is 76.1 Å². The highest BCUT2D eigenvalue weighted by Crippen LogP contribution is 2.42. The molecule has 33 heavy (non-hydrogen) atoms. The van der Waals surface area contributed by atoms with E-state index in [9.17, 15) is 14.7 Å². The molecule has 4 aliphatic rings. The first-order chi connectivity index (χ1) is 16.0. The van der Waals surface area contributed by atoms with Crippen molar-refractivity contribution in [1.29, 1.82) is 0 Å². The molecule has 1 spiro atoms. The zero-order chi connectivity index (χ0) is 22.8. The van der Waals surface area contributed by atoms with Gasteiger partial charge in [0.1, 0.15) is 0 Å². The van der Waals surface area contributed by atoms with E-state index in [0.29, 0.717) is 31.6 Å². The van der Waals surface area contributed by atoms with Crippen LogP contribution in [0.15, 0.2) is 24.3 Å². The number of rotatable bonds is 3. The van der Waals surface area contributed by atoms with Crippen LogP contribution < -0.4 is 5.32 Å². The fourth-order valence-electron chi connectivity index (χ4n) is 6.63. The van der Waals surface area contributed by atoms with Crippen LogP contribution in [0.1, 0.15) is 62.5 Å². The molecule has 2 N–H and O–H groups in total. The van der Waals surface area contributed by atoms with E-state index < -0.39 is 6.09 Å². The van der Waals surface area contributed by atoms with Crippen LogP contribution in [0, 0.1) is 5.92 Å². The molecule has 0 aromatic heterocycles. The number of piperidine rings is 2. The van der Waals surface area contributed by atoms with Gasteiger partial charge in [0, 0.05) is 44.2 Å². The molecule has 0 atom stereocenters. The molecule has 7 nitrogen and oxygen atoms in total. The van der Waals surface area contributed by atoms with Gasteiger partial charge >= 0.3 is 12.1 Å². The maximum atomic E-state index is 13.1.